The Hall–Kier alpha value is -5.66. The second-order valence-corrected chi connectivity index (χ2v) is 13.8. The predicted molar refractivity (Wildman–Crippen MR) is 216 cm³/mol. The highest BCUT2D eigenvalue weighted by molar-refractivity contribution is 5.83. The quantitative estimate of drug-likeness (QED) is 0.141. The molecule has 0 bridgehead atoms. The van der Waals surface area contributed by atoms with Crippen LogP contribution < -0.4 is 4.90 Å². The van der Waals surface area contributed by atoms with E-state index in [4.69, 9.17) is 0 Å². The highest BCUT2D eigenvalue weighted by Crippen LogP contribution is 2.36. The normalized spacial score (nSPS) is 15.8. The summed E-state index contributed by atoms with van der Waals surface area (Å²) in [6.45, 7) is 8.80. The molecule has 0 aliphatic heterocycles. The Labute approximate surface area is 298 Å². The molecule has 6 aromatic carbocycles. The topological polar surface area (TPSA) is 3.24 Å². The Morgan fingerprint density at radius 1 is 0.580 bits per heavy atom. The van der Waals surface area contributed by atoms with E-state index in [1.165, 1.54) is 72.6 Å². The molecule has 246 valence electrons. The van der Waals surface area contributed by atoms with E-state index in [1.807, 2.05) is 0 Å². The van der Waals surface area contributed by atoms with Crippen LogP contribution in [0.1, 0.15) is 41.7 Å². The molecule has 2 unspecified atom stereocenters. The lowest BCUT2D eigenvalue weighted by Crippen LogP contribution is -2.35. The van der Waals surface area contributed by atoms with Gasteiger partial charge in [-0.3, -0.25) is 0 Å². The Bertz CT molecular complexity index is 2130. The summed E-state index contributed by atoms with van der Waals surface area (Å²) in [5, 5.41) is 0. The van der Waals surface area contributed by atoms with Gasteiger partial charge in [0.25, 0.3) is 0 Å². The van der Waals surface area contributed by atoms with Crippen LogP contribution in [-0.2, 0) is 6.42 Å². The van der Waals surface area contributed by atoms with Crippen molar-refractivity contribution in [3.63, 3.8) is 0 Å². The fourth-order valence-corrected chi connectivity index (χ4v) is 6.93. The van der Waals surface area contributed by atoms with Crippen molar-refractivity contribution in [1.82, 2.24) is 0 Å². The van der Waals surface area contributed by atoms with Crippen molar-refractivity contribution in [2.24, 2.45) is 5.92 Å². The first-order valence-corrected chi connectivity index (χ1v) is 17.7. The summed E-state index contributed by atoms with van der Waals surface area (Å²) in [6, 6.07) is 55.7. The van der Waals surface area contributed by atoms with Gasteiger partial charge < -0.3 is 4.90 Å². The number of allylic oxidation sites excluding steroid dienone is 3. The van der Waals surface area contributed by atoms with E-state index in [2.05, 4.69) is 209 Å². The maximum absolute atomic E-state index is 2.49. The smallest absolute Gasteiger partial charge is 0.0587 e. The molecule has 0 fully saturated rings. The molecular formula is C49H45N. The zero-order valence-electron chi connectivity index (χ0n) is 29.6. The van der Waals surface area contributed by atoms with Crippen LogP contribution in [0.15, 0.2) is 175 Å². The number of anilines is 2. The van der Waals surface area contributed by atoms with Crippen LogP contribution in [0.5, 0.6) is 0 Å². The fraction of sp³-hybridized carbons (Fsp3) is 0.143. The van der Waals surface area contributed by atoms with Crippen molar-refractivity contribution < 1.29 is 0 Å². The molecule has 50 heavy (non-hydrogen) atoms. The van der Waals surface area contributed by atoms with Crippen LogP contribution in [0.4, 0.5) is 11.4 Å². The predicted octanol–water partition coefficient (Wildman–Crippen LogP) is 13.1. The number of hydrogen-bond acceptors (Lipinski definition) is 1. The third kappa shape index (κ3) is 7.64. The molecule has 0 N–H and O–H groups in total. The highest BCUT2D eigenvalue weighted by atomic mass is 15.2. The maximum atomic E-state index is 2.49. The number of rotatable bonds is 9. The van der Waals surface area contributed by atoms with E-state index >= 15 is 0 Å². The minimum atomic E-state index is 0.253. The molecule has 0 saturated carbocycles. The van der Waals surface area contributed by atoms with Crippen molar-refractivity contribution in [3.8, 4) is 22.3 Å². The maximum Gasteiger partial charge on any atom is 0.0587 e. The molecular weight excluding hydrogens is 603 g/mol. The monoisotopic (exact) mass is 647 g/mol. The second-order valence-electron chi connectivity index (χ2n) is 13.8. The molecule has 0 amide bonds. The molecule has 1 aliphatic carbocycles. The number of nitrogens with zero attached hydrogens (tertiary/aromatic N) is 1. The molecule has 1 aliphatic rings. The largest absolute Gasteiger partial charge is 0.334 e. The summed E-state index contributed by atoms with van der Waals surface area (Å²) in [5.41, 5.74) is 16.3. The summed E-state index contributed by atoms with van der Waals surface area (Å²) >= 11 is 0. The Morgan fingerprint density at radius 2 is 1.18 bits per heavy atom. The molecule has 0 aromatic heterocycles. The van der Waals surface area contributed by atoms with Crippen LogP contribution in [0.3, 0.4) is 0 Å². The Balaban J connectivity index is 1.13. The lowest BCUT2D eigenvalue weighted by Gasteiger charge is -2.37. The average Bonchev–Trinajstić information content (AvgIpc) is 3.15. The zero-order chi connectivity index (χ0) is 34.5. The van der Waals surface area contributed by atoms with Crippen LogP contribution in [0.2, 0.25) is 0 Å². The third-order valence-corrected chi connectivity index (χ3v) is 9.82. The van der Waals surface area contributed by atoms with E-state index in [0.717, 1.165) is 6.42 Å². The standard InChI is InChI=1S/C49H45N/c1-35-14-21-42(22-15-35)43-23-17-39(18-24-43)33-46(41-10-6-5-7-11-41)34-40-19-25-44(26-20-40)45-27-29-47(30-28-45)50(48-12-8-9-36(2)31-48)49-32-37(3)13-16-38(49)4/h5-32,34,38,49H,33H2,1-4H3/b46-34-. The van der Waals surface area contributed by atoms with Gasteiger partial charge in [-0.1, -0.05) is 170 Å². The van der Waals surface area contributed by atoms with E-state index < -0.39 is 0 Å². The lowest BCUT2D eigenvalue weighted by molar-refractivity contribution is 0.605. The molecule has 2 atom stereocenters. The number of benzene rings is 6. The average molecular weight is 648 g/mol. The van der Waals surface area contributed by atoms with Gasteiger partial charge >= 0.3 is 0 Å². The Morgan fingerprint density at radius 3 is 1.82 bits per heavy atom. The minimum Gasteiger partial charge on any atom is -0.334 e. The van der Waals surface area contributed by atoms with Crippen LogP contribution in [-0.4, -0.2) is 6.04 Å². The van der Waals surface area contributed by atoms with Gasteiger partial charge in [0.1, 0.15) is 0 Å². The first-order valence-electron chi connectivity index (χ1n) is 17.7. The van der Waals surface area contributed by atoms with Crippen LogP contribution in [0.25, 0.3) is 33.9 Å². The summed E-state index contributed by atoms with van der Waals surface area (Å²) in [4.78, 5) is 2.49. The molecule has 1 heteroatoms. The first-order chi connectivity index (χ1) is 24.4. The second kappa shape index (κ2) is 14.8. The first kappa shape index (κ1) is 32.9. The van der Waals surface area contributed by atoms with Crippen molar-refractivity contribution >= 4 is 23.0 Å². The zero-order valence-corrected chi connectivity index (χ0v) is 29.6. The summed E-state index contributed by atoms with van der Waals surface area (Å²) < 4.78 is 0. The summed E-state index contributed by atoms with van der Waals surface area (Å²) in [7, 11) is 0. The molecule has 6 aromatic rings. The van der Waals surface area contributed by atoms with Gasteiger partial charge in [-0.2, -0.15) is 0 Å². The van der Waals surface area contributed by atoms with Gasteiger partial charge in [0.05, 0.1) is 6.04 Å². The van der Waals surface area contributed by atoms with Crippen molar-refractivity contribution in [2.45, 2.75) is 40.2 Å². The van der Waals surface area contributed by atoms with Gasteiger partial charge in [-0.15, -0.1) is 0 Å². The minimum absolute atomic E-state index is 0.253. The van der Waals surface area contributed by atoms with Crippen molar-refractivity contribution in [2.75, 3.05) is 4.90 Å². The molecule has 1 nitrogen and oxygen atoms in total. The van der Waals surface area contributed by atoms with Gasteiger partial charge in [-0.05, 0) is 107 Å². The van der Waals surface area contributed by atoms with E-state index in [-0.39, 0.29) is 6.04 Å². The van der Waals surface area contributed by atoms with Gasteiger partial charge in [-0.25, -0.2) is 0 Å². The molecule has 7 rings (SSSR count). The van der Waals surface area contributed by atoms with E-state index in [1.54, 1.807) is 0 Å². The molecule has 0 heterocycles. The lowest BCUT2D eigenvalue weighted by atomic mass is 9.91. The molecule has 0 spiro atoms. The highest BCUT2D eigenvalue weighted by Gasteiger charge is 2.25. The molecule has 0 radical (unpaired) electrons. The van der Waals surface area contributed by atoms with Crippen molar-refractivity contribution in [1.29, 1.82) is 0 Å². The summed E-state index contributed by atoms with van der Waals surface area (Å²) in [6.07, 6.45) is 10.2. The molecule has 0 saturated heterocycles. The van der Waals surface area contributed by atoms with Crippen LogP contribution in [0, 0.1) is 19.8 Å². The van der Waals surface area contributed by atoms with E-state index in [9.17, 15) is 0 Å². The van der Waals surface area contributed by atoms with Gasteiger partial charge in [0.15, 0.2) is 0 Å². The number of hydrogen-bond donors (Lipinski definition) is 0. The van der Waals surface area contributed by atoms with Gasteiger partial charge in [0, 0.05) is 11.4 Å². The number of aryl methyl sites for hydroxylation is 2. The Kier molecular flexibility index (Phi) is 9.76. The fourth-order valence-electron chi connectivity index (χ4n) is 6.93. The van der Waals surface area contributed by atoms with Crippen LogP contribution >= 0.6 is 0 Å². The van der Waals surface area contributed by atoms with Crippen molar-refractivity contribution in [3.05, 3.63) is 203 Å². The SMILES string of the molecule is CC1=CC(N(c2ccc(-c3ccc(/C=C(/Cc4ccc(-c5ccc(C)cc5)cc4)c4ccccc4)cc3)cc2)c2cccc(C)c2)C(C)C=C1. The van der Waals surface area contributed by atoms with E-state index in [0.29, 0.717) is 5.92 Å². The third-order valence-electron chi connectivity index (χ3n) is 9.82. The van der Waals surface area contributed by atoms with Gasteiger partial charge in [0.2, 0.25) is 0 Å². The summed E-state index contributed by atoms with van der Waals surface area (Å²) in [5.74, 6) is 0.401.